The fraction of sp³-hybridized carbons (Fsp3) is 0.208. The maximum atomic E-state index is 13.3. The lowest BCUT2D eigenvalue weighted by atomic mass is 10.1. The molecule has 172 valence electrons. The van der Waals surface area contributed by atoms with E-state index in [1.165, 1.54) is 12.1 Å². The van der Waals surface area contributed by atoms with E-state index in [0.29, 0.717) is 19.6 Å². The maximum absolute atomic E-state index is 13.3. The molecule has 1 aromatic carbocycles. The first kappa shape index (κ1) is 21.7. The first-order valence-electron chi connectivity index (χ1n) is 10.6. The van der Waals surface area contributed by atoms with Gasteiger partial charge in [0.25, 0.3) is 0 Å². The van der Waals surface area contributed by atoms with E-state index in [2.05, 4.69) is 15.0 Å². The first-order chi connectivity index (χ1) is 16.5. The molecule has 0 bridgehead atoms. The van der Waals surface area contributed by atoms with Gasteiger partial charge in [-0.2, -0.15) is 0 Å². The molecule has 3 aromatic rings. The predicted molar refractivity (Wildman–Crippen MR) is 118 cm³/mol. The summed E-state index contributed by atoms with van der Waals surface area (Å²) in [6.07, 6.45) is 8.65. The molecule has 34 heavy (non-hydrogen) atoms. The van der Waals surface area contributed by atoms with E-state index in [0.717, 1.165) is 28.8 Å². The molecule has 10 heteroatoms. The molecule has 0 radical (unpaired) electrons. The Balaban J connectivity index is 1.41. The van der Waals surface area contributed by atoms with E-state index in [1.54, 1.807) is 47.9 Å². The number of carbonyl (C=O) groups is 2. The predicted octanol–water partition coefficient (Wildman–Crippen LogP) is 2.31. The number of hydrogen-bond acceptors (Lipinski definition) is 9. The number of aromatic nitrogens is 3. The van der Waals surface area contributed by atoms with Gasteiger partial charge in [-0.05, 0) is 35.4 Å². The molecule has 2 aliphatic rings. The van der Waals surface area contributed by atoms with Crippen molar-refractivity contribution in [3.8, 4) is 11.1 Å². The maximum Gasteiger partial charge on any atom is 0.358 e. The molecule has 1 spiro atoms. The highest BCUT2D eigenvalue weighted by atomic mass is 19.1. The van der Waals surface area contributed by atoms with Crippen LogP contribution in [0.25, 0.3) is 11.1 Å². The largest absolute Gasteiger partial charge is 0.399 e. The molecule has 4 heterocycles. The summed E-state index contributed by atoms with van der Waals surface area (Å²) >= 11 is 0. The molecule has 2 aliphatic heterocycles. The minimum absolute atomic E-state index is 0.0746. The average Bonchev–Trinajstić information content (AvgIpc) is 2.98. The molecule has 2 aromatic heterocycles. The second kappa shape index (κ2) is 8.99. The normalized spacial score (nSPS) is 17.9. The number of benzene rings is 1. The number of halogens is 1. The number of hydrogen-bond donors (Lipinski definition) is 0. The van der Waals surface area contributed by atoms with Crippen LogP contribution in [0.5, 0.6) is 0 Å². The third-order valence-electron chi connectivity index (χ3n) is 5.52. The summed E-state index contributed by atoms with van der Waals surface area (Å²) in [7, 11) is 0. The second-order valence-corrected chi connectivity index (χ2v) is 7.89. The minimum atomic E-state index is -1.72. The van der Waals surface area contributed by atoms with Crippen LogP contribution >= 0.6 is 0 Å². The molecule has 9 nitrogen and oxygen atoms in total. The number of esters is 2. The van der Waals surface area contributed by atoms with Crippen LogP contribution in [0.2, 0.25) is 0 Å². The number of carbonyl (C=O) groups excluding carboxylic acids is 2. The molecular weight excluding hydrogens is 441 g/mol. The third kappa shape index (κ3) is 4.48. The van der Waals surface area contributed by atoms with Gasteiger partial charge >= 0.3 is 17.8 Å². The standard InChI is InChI=1S/C24H20FN5O4/c25-20-4-2-18(3-5-20)19-12-17(13-26-14-19)15-29-10-11-30(23-27-8-1-9-28-23)24(16-29)33-21(31)6-7-22(32)34-24/h1-9,12-14H,10-11,15-16H2. The van der Waals surface area contributed by atoms with Gasteiger partial charge in [0.15, 0.2) is 0 Å². The fourth-order valence-corrected chi connectivity index (χ4v) is 4.02. The van der Waals surface area contributed by atoms with Crippen LogP contribution in [0.4, 0.5) is 10.3 Å². The van der Waals surface area contributed by atoms with E-state index in [1.807, 2.05) is 11.0 Å². The van der Waals surface area contributed by atoms with Crippen LogP contribution in [-0.4, -0.2) is 57.3 Å². The van der Waals surface area contributed by atoms with Crippen LogP contribution in [-0.2, 0) is 25.6 Å². The van der Waals surface area contributed by atoms with Crippen molar-refractivity contribution >= 4 is 17.9 Å². The summed E-state index contributed by atoms with van der Waals surface area (Å²) in [5.74, 6) is -3.15. The highest BCUT2D eigenvalue weighted by Crippen LogP contribution is 2.31. The van der Waals surface area contributed by atoms with Gasteiger partial charge in [0.05, 0.1) is 6.54 Å². The molecule has 1 fully saturated rings. The van der Waals surface area contributed by atoms with Crippen molar-refractivity contribution in [1.82, 2.24) is 19.9 Å². The van der Waals surface area contributed by atoms with Gasteiger partial charge in [-0.3, -0.25) is 14.8 Å². The van der Waals surface area contributed by atoms with Crippen LogP contribution in [0.15, 0.2) is 73.3 Å². The van der Waals surface area contributed by atoms with Crippen molar-refractivity contribution in [2.24, 2.45) is 0 Å². The SMILES string of the molecule is O=C1C=CC(=O)OC2(CN(Cc3cncc(-c4ccc(F)cc4)c3)CCN2c2ncccn2)O1. The number of nitrogens with zero attached hydrogens (tertiary/aromatic N) is 5. The number of pyridine rings is 1. The Morgan fingerprint density at radius 2 is 1.65 bits per heavy atom. The van der Waals surface area contributed by atoms with Crippen LogP contribution in [0.1, 0.15) is 5.56 Å². The Bertz CT molecular complexity index is 1220. The molecule has 0 unspecified atom stereocenters. The van der Waals surface area contributed by atoms with Crippen molar-refractivity contribution in [3.63, 3.8) is 0 Å². The average molecular weight is 461 g/mol. The molecule has 0 atom stereocenters. The Labute approximate surface area is 194 Å². The van der Waals surface area contributed by atoms with Crippen molar-refractivity contribution in [1.29, 1.82) is 0 Å². The lowest BCUT2D eigenvalue weighted by Gasteiger charge is -2.47. The van der Waals surface area contributed by atoms with Gasteiger partial charge < -0.3 is 9.47 Å². The molecule has 0 saturated carbocycles. The highest BCUT2D eigenvalue weighted by molar-refractivity contribution is 5.93. The molecule has 0 aliphatic carbocycles. The number of rotatable bonds is 4. The zero-order valence-electron chi connectivity index (χ0n) is 18.0. The van der Waals surface area contributed by atoms with Crippen LogP contribution in [0, 0.1) is 5.82 Å². The zero-order valence-corrected chi connectivity index (χ0v) is 18.0. The monoisotopic (exact) mass is 461 g/mol. The van der Waals surface area contributed by atoms with Gasteiger partial charge in [0.1, 0.15) is 5.82 Å². The van der Waals surface area contributed by atoms with E-state index < -0.39 is 17.8 Å². The van der Waals surface area contributed by atoms with Crippen molar-refractivity contribution in [2.45, 2.75) is 12.5 Å². The van der Waals surface area contributed by atoms with Crippen molar-refractivity contribution < 1.29 is 23.5 Å². The summed E-state index contributed by atoms with van der Waals surface area (Å²) in [6.45, 7) is 1.43. The molecule has 0 N–H and O–H groups in total. The summed E-state index contributed by atoms with van der Waals surface area (Å²) in [4.78, 5) is 41.0. The number of piperazine rings is 1. The summed E-state index contributed by atoms with van der Waals surface area (Å²) in [5.41, 5.74) is 2.59. The molecule has 1 saturated heterocycles. The minimum Gasteiger partial charge on any atom is -0.399 e. The van der Waals surface area contributed by atoms with Crippen LogP contribution < -0.4 is 4.90 Å². The van der Waals surface area contributed by atoms with E-state index >= 15 is 0 Å². The zero-order chi connectivity index (χ0) is 23.5. The van der Waals surface area contributed by atoms with Gasteiger partial charge in [-0.15, -0.1) is 0 Å². The first-order valence-corrected chi connectivity index (χ1v) is 10.6. The third-order valence-corrected chi connectivity index (χ3v) is 5.52. The lowest BCUT2D eigenvalue weighted by molar-refractivity contribution is -0.232. The van der Waals surface area contributed by atoms with Gasteiger partial charge in [-0.1, -0.05) is 12.1 Å². The number of anilines is 1. The van der Waals surface area contributed by atoms with Crippen molar-refractivity contribution in [2.75, 3.05) is 24.5 Å². The highest BCUT2D eigenvalue weighted by Gasteiger charge is 2.51. The Kier molecular flexibility index (Phi) is 5.72. The molecular formula is C24H20FN5O4. The van der Waals surface area contributed by atoms with E-state index in [9.17, 15) is 14.0 Å². The fourth-order valence-electron chi connectivity index (χ4n) is 4.02. The summed E-state index contributed by atoms with van der Waals surface area (Å²) in [5, 5.41) is 0. The number of ether oxygens (including phenoxy) is 2. The Morgan fingerprint density at radius 1 is 0.941 bits per heavy atom. The quantitative estimate of drug-likeness (QED) is 0.542. The van der Waals surface area contributed by atoms with E-state index in [4.69, 9.17) is 9.47 Å². The Morgan fingerprint density at radius 3 is 2.35 bits per heavy atom. The Hall–Kier alpha value is -4.18. The smallest absolute Gasteiger partial charge is 0.358 e. The van der Waals surface area contributed by atoms with Gasteiger partial charge in [-0.25, -0.2) is 23.9 Å². The molecule has 5 rings (SSSR count). The summed E-state index contributed by atoms with van der Waals surface area (Å²) in [6, 6.07) is 9.83. The van der Waals surface area contributed by atoms with Crippen molar-refractivity contribution in [3.05, 3.63) is 84.7 Å². The summed E-state index contributed by atoms with van der Waals surface area (Å²) < 4.78 is 24.6. The van der Waals surface area contributed by atoms with Gasteiger partial charge in [0.2, 0.25) is 5.95 Å². The van der Waals surface area contributed by atoms with Gasteiger partial charge in [0, 0.05) is 62.1 Å². The topological polar surface area (TPSA) is 97.8 Å². The molecule has 0 amide bonds. The van der Waals surface area contributed by atoms with Crippen LogP contribution in [0.3, 0.4) is 0 Å². The van der Waals surface area contributed by atoms with E-state index in [-0.39, 0.29) is 18.3 Å². The lowest BCUT2D eigenvalue weighted by Crippen LogP contribution is -2.66. The second-order valence-electron chi connectivity index (χ2n) is 7.89.